The Morgan fingerprint density at radius 2 is 1.83 bits per heavy atom. The molecule has 1 aromatic carbocycles. The van der Waals surface area contributed by atoms with Gasteiger partial charge in [0.1, 0.15) is 0 Å². The van der Waals surface area contributed by atoms with E-state index in [4.69, 9.17) is 5.11 Å². The smallest absolute Gasteiger partial charge is 0.335 e. The minimum absolute atomic E-state index is 0.200. The number of pyridine rings is 1. The Morgan fingerprint density at radius 1 is 1.04 bits per heavy atom. The van der Waals surface area contributed by atoms with Crippen molar-refractivity contribution in [1.82, 2.24) is 14.8 Å². The van der Waals surface area contributed by atoms with Gasteiger partial charge in [0.2, 0.25) is 0 Å². The summed E-state index contributed by atoms with van der Waals surface area (Å²) in [5.74, 6) is -1.26. The average Bonchev–Trinajstić information content (AvgIpc) is 3.04. The van der Waals surface area contributed by atoms with Crippen molar-refractivity contribution in [2.75, 3.05) is 5.32 Å². The molecule has 2 heterocycles. The fourth-order valence-electron chi connectivity index (χ4n) is 1.99. The van der Waals surface area contributed by atoms with Gasteiger partial charge in [0.15, 0.2) is 0 Å². The van der Waals surface area contributed by atoms with Crippen molar-refractivity contribution in [2.45, 2.75) is 0 Å². The summed E-state index contributed by atoms with van der Waals surface area (Å²) < 4.78 is 1.55. The minimum Gasteiger partial charge on any atom is -0.478 e. The van der Waals surface area contributed by atoms with Crippen LogP contribution in [0.2, 0.25) is 0 Å². The number of carboxylic acids is 1. The van der Waals surface area contributed by atoms with Crippen molar-refractivity contribution in [1.29, 1.82) is 0 Å². The van der Waals surface area contributed by atoms with E-state index in [2.05, 4.69) is 15.4 Å². The quantitative estimate of drug-likeness (QED) is 0.770. The van der Waals surface area contributed by atoms with Crippen LogP contribution in [0.4, 0.5) is 5.69 Å². The predicted molar refractivity (Wildman–Crippen MR) is 82.7 cm³/mol. The zero-order valence-electron chi connectivity index (χ0n) is 11.9. The van der Waals surface area contributed by atoms with E-state index in [-0.39, 0.29) is 11.5 Å². The summed E-state index contributed by atoms with van der Waals surface area (Å²) in [6, 6.07) is 9.62. The number of hydrogen-bond donors (Lipinski definition) is 2. The van der Waals surface area contributed by atoms with Crippen molar-refractivity contribution in [3.05, 3.63) is 72.3 Å². The molecule has 114 valence electrons. The molecular formula is C16H12N4O3. The molecule has 0 aliphatic rings. The molecule has 0 aliphatic carbocycles. The normalized spacial score (nSPS) is 10.3. The van der Waals surface area contributed by atoms with Crippen LogP contribution in [-0.4, -0.2) is 31.7 Å². The van der Waals surface area contributed by atoms with Crippen molar-refractivity contribution in [2.24, 2.45) is 0 Å². The zero-order valence-corrected chi connectivity index (χ0v) is 11.9. The molecule has 23 heavy (non-hydrogen) atoms. The number of benzene rings is 1. The summed E-state index contributed by atoms with van der Waals surface area (Å²) in [7, 11) is 0. The first-order valence-corrected chi connectivity index (χ1v) is 6.73. The predicted octanol–water partition coefficient (Wildman–Crippen LogP) is 2.22. The van der Waals surface area contributed by atoms with Crippen molar-refractivity contribution in [3.8, 4) is 5.69 Å². The van der Waals surface area contributed by atoms with Gasteiger partial charge in [-0.15, -0.1) is 0 Å². The lowest BCUT2D eigenvalue weighted by Crippen LogP contribution is -2.11. The van der Waals surface area contributed by atoms with Crippen LogP contribution < -0.4 is 5.32 Å². The highest BCUT2D eigenvalue weighted by Crippen LogP contribution is 2.13. The number of rotatable bonds is 4. The Hall–Kier alpha value is -3.48. The fourth-order valence-corrected chi connectivity index (χ4v) is 1.99. The van der Waals surface area contributed by atoms with E-state index in [0.717, 1.165) is 0 Å². The molecule has 2 aromatic heterocycles. The minimum atomic E-state index is -0.985. The van der Waals surface area contributed by atoms with Gasteiger partial charge in [-0.05, 0) is 36.4 Å². The van der Waals surface area contributed by atoms with E-state index in [1.807, 2.05) is 0 Å². The standard InChI is InChI=1S/C16H12N4O3/c21-15(12-2-1-7-17-8-12)19-13-9-18-20(10-13)14-5-3-11(4-6-14)16(22)23/h1-10H,(H,19,21)(H,22,23). The second-order valence-electron chi connectivity index (χ2n) is 4.72. The number of carbonyl (C=O) groups excluding carboxylic acids is 1. The number of anilines is 1. The number of nitrogens with zero attached hydrogens (tertiary/aromatic N) is 3. The maximum Gasteiger partial charge on any atom is 0.335 e. The van der Waals surface area contributed by atoms with Crippen LogP contribution in [0, 0.1) is 0 Å². The first kappa shape index (κ1) is 14.5. The Balaban J connectivity index is 1.75. The Bertz CT molecular complexity index is 841. The van der Waals surface area contributed by atoms with Crippen LogP contribution in [0.5, 0.6) is 0 Å². The van der Waals surface area contributed by atoms with Crippen molar-refractivity contribution in [3.63, 3.8) is 0 Å². The van der Waals surface area contributed by atoms with Gasteiger partial charge in [-0.25, -0.2) is 9.48 Å². The number of amides is 1. The Kier molecular flexibility index (Phi) is 3.84. The molecule has 7 heteroatoms. The number of carboxylic acid groups (broad SMARTS) is 1. The summed E-state index contributed by atoms with van der Waals surface area (Å²) in [6.07, 6.45) is 6.23. The summed E-state index contributed by atoms with van der Waals surface area (Å²) >= 11 is 0. The number of aromatic nitrogens is 3. The second-order valence-corrected chi connectivity index (χ2v) is 4.72. The maximum atomic E-state index is 12.0. The number of aromatic carboxylic acids is 1. The fraction of sp³-hybridized carbons (Fsp3) is 0. The zero-order chi connectivity index (χ0) is 16.2. The molecule has 3 aromatic rings. The lowest BCUT2D eigenvalue weighted by Gasteiger charge is -2.02. The summed E-state index contributed by atoms with van der Waals surface area (Å²) in [6.45, 7) is 0. The molecule has 0 unspecified atom stereocenters. The number of hydrogen-bond acceptors (Lipinski definition) is 4. The van der Waals surface area contributed by atoms with Crippen molar-refractivity contribution >= 4 is 17.6 Å². The van der Waals surface area contributed by atoms with Crippen LogP contribution in [0.15, 0.2) is 61.2 Å². The van der Waals surface area contributed by atoms with E-state index in [1.54, 1.807) is 41.3 Å². The van der Waals surface area contributed by atoms with Gasteiger partial charge in [-0.2, -0.15) is 5.10 Å². The molecule has 0 radical (unpaired) electrons. The lowest BCUT2D eigenvalue weighted by molar-refractivity contribution is 0.0696. The van der Waals surface area contributed by atoms with Crippen LogP contribution in [0.1, 0.15) is 20.7 Å². The second kappa shape index (κ2) is 6.10. The summed E-state index contributed by atoms with van der Waals surface area (Å²) in [4.78, 5) is 26.8. The van der Waals surface area contributed by atoms with Gasteiger partial charge in [-0.1, -0.05) is 0 Å². The van der Waals surface area contributed by atoms with Gasteiger partial charge in [-0.3, -0.25) is 9.78 Å². The van der Waals surface area contributed by atoms with E-state index < -0.39 is 5.97 Å². The molecule has 0 saturated heterocycles. The van der Waals surface area contributed by atoms with Crippen LogP contribution >= 0.6 is 0 Å². The monoisotopic (exact) mass is 308 g/mol. The van der Waals surface area contributed by atoms with E-state index in [0.29, 0.717) is 16.9 Å². The molecule has 0 saturated carbocycles. The third kappa shape index (κ3) is 3.24. The first-order chi connectivity index (χ1) is 11.1. The molecule has 7 nitrogen and oxygen atoms in total. The molecule has 0 bridgehead atoms. The van der Waals surface area contributed by atoms with Crippen molar-refractivity contribution < 1.29 is 14.7 Å². The average molecular weight is 308 g/mol. The third-order valence-corrected chi connectivity index (χ3v) is 3.14. The van der Waals surface area contributed by atoms with E-state index in [9.17, 15) is 9.59 Å². The SMILES string of the molecule is O=C(O)c1ccc(-n2cc(NC(=O)c3cccnc3)cn2)cc1. The van der Waals surface area contributed by atoms with Crippen LogP contribution in [0.3, 0.4) is 0 Å². The topological polar surface area (TPSA) is 97.1 Å². The van der Waals surface area contributed by atoms with E-state index in [1.165, 1.54) is 24.5 Å². The number of nitrogens with one attached hydrogen (secondary N) is 1. The summed E-state index contributed by atoms with van der Waals surface area (Å²) in [5, 5.41) is 15.8. The van der Waals surface area contributed by atoms with Gasteiger partial charge in [0.25, 0.3) is 5.91 Å². The molecule has 0 aliphatic heterocycles. The van der Waals surface area contributed by atoms with Gasteiger partial charge < -0.3 is 10.4 Å². The Morgan fingerprint density at radius 3 is 2.48 bits per heavy atom. The van der Waals surface area contributed by atoms with Gasteiger partial charge in [0, 0.05) is 12.4 Å². The highest BCUT2D eigenvalue weighted by Gasteiger charge is 2.08. The highest BCUT2D eigenvalue weighted by atomic mass is 16.4. The molecule has 0 atom stereocenters. The molecule has 0 fully saturated rings. The first-order valence-electron chi connectivity index (χ1n) is 6.73. The molecule has 2 N–H and O–H groups in total. The van der Waals surface area contributed by atoms with E-state index >= 15 is 0 Å². The van der Waals surface area contributed by atoms with Gasteiger partial charge in [0.05, 0.1) is 34.9 Å². The number of carbonyl (C=O) groups is 2. The molecule has 1 amide bonds. The maximum absolute atomic E-state index is 12.0. The van der Waals surface area contributed by atoms with Gasteiger partial charge >= 0.3 is 5.97 Å². The van der Waals surface area contributed by atoms with Crippen LogP contribution in [-0.2, 0) is 0 Å². The largest absolute Gasteiger partial charge is 0.478 e. The highest BCUT2D eigenvalue weighted by molar-refractivity contribution is 6.03. The summed E-state index contributed by atoms with van der Waals surface area (Å²) in [5.41, 5.74) is 1.87. The molecular weight excluding hydrogens is 296 g/mol. The van der Waals surface area contributed by atoms with Crippen LogP contribution in [0.25, 0.3) is 5.69 Å². The third-order valence-electron chi connectivity index (χ3n) is 3.14. The Labute approximate surface area is 131 Å². The molecule has 3 rings (SSSR count). The molecule has 0 spiro atoms. The lowest BCUT2D eigenvalue weighted by atomic mass is 10.2.